The normalized spacial score (nSPS) is 9.58. The molecule has 0 saturated carbocycles. The number of ether oxygens (including phenoxy) is 1. The molecule has 0 aliphatic heterocycles. The van der Waals surface area contributed by atoms with Gasteiger partial charge in [0.1, 0.15) is 0 Å². The van der Waals surface area contributed by atoms with Crippen LogP contribution in [0.3, 0.4) is 0 Å². The van der Waals surface area contributed by atoms with Crippen molar-refractivity contribution in [1.82, 2.24) is 0 Å². The van der Waals surface area contributed by atoms with Gasteiger partial charge in [-0.15, -0.1) is 0 Å². The van der Waals surface area contributed by atoms with E-state index in [2.05, 4.69) is 49.9 Å². The highest BCUT2D eigenvalue weighted by Crippen LogP contribution is 2.19. The van der Waals surface area contributed by atoms with Crippen LogP contribution in [0.2, 0.25) is 0 Å². The number of methoxy groups -OCH3 is 1. The van der Waals surface area contributed by atoms with Gasteiger partial charge >= 0.3 is 5.97 Å². The van der Waals surface area contributed by atoms with Gasteiger partial charge in [0.15, 0.2) is 0 Å². The second kappa shape index (κ2) is 4.40. The third kappa shape index (κ3) is 2.09. The van der Waals surface area contributed by atoms with E-state index in [-0.39, 0.29) is 5.97 Å². The SMILES string of the molecule is COC(=O)c1cccc(I)c1I. The summed E-state index contributed by atoms with van der Waals surface area (Å²) in [6.07, 6.45) is 0. The van der Waals surface area contributed by atoms with Crippen molar-refractivity contribution in [3.8, 4) is 0 Å². The Bertz CT molecular complexity index is 310. The molecule has 0 bridgehead atoms. The molecule has 0 unspecified atom stereocenters. The molecule has 1 aromatic rings. The molecule has 0 saturated heterocycles. The number of carbonyl (C=O) groups is 1. The van der Waals surface area contributed by atoms with Gasteiger partial charge in [-0.1, -0.05) is 6.07 Å². The first-order valence-corrected chi connectivity index (χ1v) is 5.35. The maximum atomic E-state index is 11.2. The predicted molar refractivity (Wildman–Crippen MR) is 63.2 cm³/mol. The molecule has 0 spiro atoms. The number of carbonyl (C=O) groups excluding carboxylic acids is 1. The fourth-order valence-electron chi connectivity index (χ4n) is 0.771. The third-order valence-electron chi connectivity index (χ3n) is 1.36. The van der Waals surface area contributed by atoms with Gasteiger partial charge in [0.05, 0.1) is 12.7 Å². The van der Waals surface area contributed by atoms with Crippen molar-refractivity contribution in [2.24, 2.45) is 0 Å². The average Bonchev–Trinajstić information content (AvgIpc) is 2.08. The highest BCUT2D eigenvalue weighted by molar-refractivity contribution is 14.1. The van der Waals surface area contributed by atoms with Crippen LogP contribution in [0.5, 0.6) is 0 Å². The number of hydrogen-bond acceptors (Lipinski definition) is 2. The van der Waals surface area contributed by atoms with Crippen LogP contribution < -0.4 is 0 Å². The van der Waals surface area contributed by atoms with E-state index in [0.29, 0.717) is 5.56 Å². The Morgan fingerprint density at radius 1 is 1.42 bits per heavy atom. The zero-order valence-corrected chi connectivity index (χ0v) is 10.6. The van der Waals surface area contributed by atoms with Gasteiger partial charge < -0.3 is 4.74 Å². The van der Waals surface area contributed by atoms with E-state index >= 15 is 0 Å². The Morgan fingerprint density at radius 2 is 2.08 bits per heavy atom. The Balaban J connectivity index is 3.16. The van der Waals surface area contributed by atoms with Crippen LogP contribution in [0.15, 0.2) is 18.2 Å². The fraction of sp³-hybridized carbons (Fsp3) is 0.125. The van der Waals surface area contributed by atoms with Crippen molar-refractivity contribution in [1.29, 1.82) is 0 Å². The lowest BCUT2D eigenvalue weighted by Gasteiger charge is -2.02. The summed E-state index contributed by atoms with van der Waals surface area (Å²) in [6.45, 7) is 0. The zero-order valence-electron chi connectivity index (χ0n) is 6.30. The molecule has 0 amide bonds. The summed E-state index contributed by atoms with van der Waals surface area (Å²) >= 11 is 4.32. The van der Waals surface area contributed by atoms with E-state index in [1.165, 1.54) is 7.11 Å². The Kier molecular flexibility index (Phi) is 3.76. The number of benzene rings is 1. The highest BCUT2D eigenvalue weighted by Gasteiger charge is 2.10. The standard InChI is InChI=1S/C8H6I2O2/c1-12-8(11)5-3-2-4-6(9)7(5)10/h2-4H,1H3. The van der Waals surface area contributed by atoms with E-state index in [4.69, 9.17) is 0 Å². The quantitative estimate of drug-likeness (QED) is 0.547. The lowest BCUT2D eigenvalue weighted by molar-refractivity contribution is 0.0599. The van der Waals surface area contributed by atoms with Gasteiger partial charge in [0, 0.05) is 7.14 Å². The largest absolute Gasteiger partial charge is 0.465 e. The van der Waals surface area contributed by atoms with Gasteiger partial charge in [-0.05, 0) is 57.3 Å². The van der Waals surface area contributed by atoms with E-state index < -0.39 is 0 Å². The van der Waals surface area contributed by atoms with Crippen LogP contribution >= 0.6 is 45.2 Å². The minimum absolute atomic E-state index is 0.280. The molecule has 0 N–H and O–H groups in total. The lowest BCUT2D eigenvalue weighted by Crippen LogP contribution is -2.04. The summed E-state index contributed by atoms with van der Waals surface area (Å²) in [6, 6.07) is 5.56. The van der Waals surface area contributed by atoms with Crippen molar-refractivity contribution in [2.75, 3.05) is 7.11 Å². The maximum absolute atomic E-state index is 11.2. The third-order valence-corrected chi connectivity index (χ3v) is 4.45. The smallest absolute Gasteiger partial charge is 0.338 e. The van der Waals surface area contributed by atoms with Gasteiger partial charge in [0.25, 0.3) is 0 Å². The van der Waals surface area contributed by atoms with E-state index in [9.17, 15) is 4.79 Å². The minimum Gasteiger partial charge on any atom is -0.465 e. The van der Waals surface area contributed by atoms with Crippen molar-refractivity contribution < 1.29 is 9.53 Å². The van der Waals surface area contributed by atoms with Crippen LogP contribution in [-0.4, -0.2) is 13.1 Å². The maximum Gasteiger partial charge on any atom is 0.338 e. The van der Waals surface area contributed by atoms with Crippen LogP contribution in [0.1, 0.15) is 10.4 Å². The molecule has 0 aromatic heterocycles. The Morgan fingerprint density at radius 3 is 2.67 bits per heavy atom. The van der Waals surface area contributed by atoms with Crippen LogP contribution in [-0.2, 0) is 4.74 Å². The molecule has 0 aliphatic rings. The van der Waals surface area contributed by atoms with Crippen LogP contribution in [0.4, 0.5) is 0 Å². The fourth-order valence-corrected chi connectivity index (χ4v) is 1.85. The Hall–Kier alpha value is 0.150. The summed E-state index contributed by atoms with van der Waals surface area (Å²) < 4.78 is 6.64. The number of halogens is 2. The summed E-state index contributed by atoms with van der Waals surface area (Å²) in [5.74, 6) is -0.280. The van der Waals surface area contributed by atoms with Crippen LogP contribution in [0.25, 0.3) is 0 Å². The molecule has 12 heavy (non-hydrogen) atoms. The molecule has 4 heteroatoms. The molecular weight excluding hydrogens is 382 g/mol. The molecule has 1 aromatic carbocycles. The van der Waals surface area contributed by atoms with Crippen molar-refractivity contribution in [3.05, 3.63) is 30.9 Å². The van der Waals surface area contributed by atoms with E-state index in [0.717, 1.165) is 7.14 Å². The van der Waals surface area contributed by atoms with Gasteiger partial charge in [-0.3, -0.25) is 0 Å². The molecule has 1 rings (SSSR count). The number of esters is 1. The van der Waals surface area contributed by atoms with E-state index in [1.807, 2.05) is 12.1 Å². The zero-order chi connectivity index (χ0) is 9.14. The number of hydrogen-bond donors (Lipinski definition) is 0. The minimum atomic E-state index is -0.280. The molecule has 0 fully saturated rings. The van der Waals surface area contributed by atoms with Crippen molar-refractivity contribution in [2.45, 2.75) is 0 Å². The van der Waals surface area contributed by atoms with Crippen molar-refractivity contribution >= 4 is 51.2 Å². The lowest BCUT2D eigenvalue weighted by atomic mass is 10.2. The molecule has 0 aliphatic carbocycles. The molecule has 0 atom stereocenters. The monoisotopic (exact) mass is 388 g/mol. The topological polar surface area (TPSA) is 26.3 Å². The average molecular weight is 388 g/mol. The molecule has 0 radical (unpaired) electrons. The first-order valence-electron chi connectivity index (χ1n) is 3.19. The summed E-state index contributed by atoms with van der Waals surface area (Å²) in [7, 11) is 1.39. The molecule has 2 nitrogen and oxygen atoms in total. The van der Waals surface area contributed by atoms with Gasteiger partial charge in [-0.2, -0.15) is 0 Å². The van der Waals surface area contributed by atoms with E-state index in [1.54, 1.807) is 6.07 Å². The van der Waals surface area contributed by atoms with Crippen LogP contribution in [0, 0.1) is 7.14 Å². The molecular formula is C8H6I2O2. The van der Waals surface area contributed by atoms with Crippen molar-refractivity contribution in [3.63, 3.8) is 0 Å². The molecule has 64 valence electrons. The summed E-state index contributed by atoms with van der Waals surface area (Å²) in [4.78, 5) is 11.2. The predicted octanol–water partition coefficient (Wildman–Crippen LogP) is 2.68. The van der Waals surface area contributed by atoms with Gasteiger partial charge in [-0.25, -0.2) is 4.79 Å². The highest BCUT2D eigenvalue weighted by atomic mass is 127. The summed E-state index contributed by atoms with van der Waals surface area (Å²) in [5.41, 5.74) is 0.630. The summed E-state index contributed by atoms with van der Waals surface area (Å²) in [5, 5.41) is 0. The Labute approximate surface area is 98.0 Å². The first-order chi connectivity index (χ1) is 5.66. The van der Waals surface area contributed by atoms with Gasteiger partial charge in [0.2, 0.25) is 0 Å². The molecule has 0 heterocycles. The second-order valence-corrected chi connectivity index (χ2v) is 4.33. The first kappa shape index (κ1) is 10.2. The number of rotatable bonds is 1. The second-order valence-electron chi connectivity index (χ2n) is 2.09.